The summed E-state index contributed by atoms with van der Waals surface area (Å²) >= 11 is 0. The molecule has 92 valence electrons. The molecule has 0 N–H and O–H groups in total. The summed E-state index contributed by atoms with van der Waals surface area (Å²) in [6, 6.07) is 0. The average Bonchev–Trinajstić information content (AvgIpc) is 2.70. The highest BCUT2D eigenvalue weighted by Gasteiger charge is 2.45. The fraction of sp³-hybridized carbons (Fsp3) is 0.923. The predicted molar refractivity (Wildman–Crippen MR) is 61.1 cm³/mol. The van der Waals surface area contributed by atoms with Crippen LogP contribution < -0.4 is 0 Å². The molecule has 0 aromatic rings. The Morgan fingerprint density at radius 3 is 2.75 bits per heavy atom. The van der Waals surface area contributed by atoms with E-state index in [1.54, 1.807) is 6.92 Å². The molecule has 3 heteroatoms. The summed E-state index contributed by atoms with van der Waals surface area (Å²) in [5.74, 6) is 0.510. The Hall–Kier alpha value is -0.410. The van der Waals surface area contributed by atoms with Crippen LogP contribution >= 0.6 is 0 Å². The first-order valence-corrected chi connectivity index (χ1v) is 6.50. The zero-order valence-electron chi connectivity index (χ0n) is 10.2. The Morgan fingerprint density at radius 1 is 1.31 bits per heavy atom. The molecular formula is C13H22O3. The van der Waals surface area contributed by atoms with E-state index < -0.39 is 0 Å². The van der Waals surface area contributed by atoms with E-state index in [0.717, 1.165) is 32.5 Å². The minimum absolute atomic E-state index is 0.283. The Bertz CT molecular complexity index is 244. The van der Waals surface area contributed by atoms with Crippen LogP contribution in [0.4, 0.5) is 0 Å². The van der Waals surface area contributed by atoms with Crippen molar-refractivity contribution < 1.29 is 14.3 Å². The van der Waals surface area contributed by atoms with Crippen LogP contribution in [-0.4, -0.2) is 24.8 Å². The quantitative estimate of drug-likeness (QED) is 0.739. The second-order valence-electron chi connectivity index (χ2n) is 5.05. The molecule has 2 aliphatic rings. The van der Waals surface area contributed by atoms with Gasteiger partial charge in [0.15, 0.2) is 5.79 Å². The number of hydrogen-bond donors (Lipinski definition) is 0. The van der Waals surface area contributed by atoms with Crippen molar-refractivity contribution in [2.45, 2.75) is 57.7 Å². The summed E-state index contributed by atoms with van der Waals surface area (Å²) in [5.41, 5.74) is 0. The maximum Gasteiger partial charge on any atom is 0.171 e. The summed E-state index contributed by atoms with van der Waals surface area (Å²) in [6.07, 6.45) is 7.47. The largest absolute Gasteiger partial charge is 0.347 e. The van der Waals surface area contributed by atoms with Gasteiger partial charge in [-0.1, -0.05) is 6.42 Å². The Kier molecular flexibility index (Phi) is 3.98. The SMILES string of the molecule is CC(=O)CCCC1CCCCC12OCCO2. The van der Waals surface area contributed by atoms with Crippen LogP contribution in [0.25, 0.3) is 0 Å². The van der Waals surface area contributed by atoms with E-state index in [1.165, 1.54) is 19.3 Å². The van der Waals surface area contributed by atoms with E-state index in [4.69, 9.17) is 9.47 Å². The van der Waals surface area contributed by atoms with Crippen molar-refractivity contribution in [3.05, 3.63) is 0 Å². The van der Waals surface area contributed by atoms with Crippen molar-refractivity contribution in [2.75, 3.05) is 13.2 Å². The number of Topliss-reactive ketones (excluding diaryl/α,β-unsaturated/α-hetero) is 1. The molecule has 1 aliphatic carbocycles. The summed E-state index contributed by atoms with van der Waals surface area (Å²) in [4.78, 5) is 10.9. The lowest BCUT2D eigenvalue weighted by Crippen LogP contribution is -2.41. The topological polar surface area (TPSA) is 35.5 Å². The molecule has 0 bridgehead atoms. The van der Waals surface area contributed by atoms with Crippen LogP contribution in [0.1, 0.15) is 51.9 Å². The number of ether oxygens (including phenoxy) is 2. The van der Waals surface area contributed by atoms with E-state index >= 15 is 0 Å². The standard InChI is InChI=1S/C13H22O3/c1-11(14)5-4-7-12-6-2-3-8-13(12)15-9-10-16-13/h12H,2-10H2,1H3. The molecule has 0 amide bonds. The second-order valence-corrected chi connectivity index (χ2v) is 5.05. The fourth-order valence-electron chi connectivity index (χ4n) is 3.00. The molecule has 1 heterocycles. The Labute approximate surface area is 97.5 Å². The lowest BCUT2D eigenvalue weighted by Gasteiger charge is -2.39. The molecule has 3 nitrogen and oxygen atoms in total. The number of hydrogen-bond acceptors (Lipinski definition) is 3. The molecule has 0 radical (unpaired) electrons. The highest BCUT2D eigenvalue weighted by atomic mass is 16.7. The highest BCUT2D eigenvalue weighted by Crippen LogP contribution is 2.42. The van der Waals surface area contributed by atoms with Crippen LogP contribution in [0.15, 0.2) is 0 Å². The zero-order valence-corrected chi connectivity index (χ0v) is 10.2. The van der Waals surface area contributed by atoms with Gasteiger partial charge in [-0.05, 0) is 32.6 Å². The van der Waals surface area contributed by atoms with Gasteiger partial charge in [-0.25, -0.2) is 0 Å². The number of rotatable bonds is 4. The third-order valence-electron chi connectivity index (χ3n) is 3.81. The smallest absolute Gasteiger partial charge is 0.171 e. The molecule has 1 saturated heterocycles. The molecule has 2 fully saturated rings. The van der Waals surface area contributed by atoms with Gasteiger partial charge in [-0.15, -0.1) is 0 Å². The molecule has 16 heavy (non-hydrogen) atoms. The normalized spacial score (nSPS) is 28.4. The molecule has 1 unspecified atom stereocenters. The van der Waals surface area contributed by atoms with Crippen LogP contribution in [0.2, 0.25) is 0 Å². The molecular weight excluding hydrogens is 204 g/mol. The number of carbonyl (C=O) groups is 1. The average molecular weight is 226 g/mol. The minimum Gasteiger partial charge on any atom is -0.347 e. The Morgan fingerprint density at radius 2 is 2.06 bits per heavy atom. The van der Waals surface area contributed by atoms with Crippen molar-refractivity contribution in [1.29, 1.82) is 0 Å². The van der Waals surface area contributed by atoms with Crippen LogP contribution in [0.3, 0.4) is 0 Å². The molecule has 1 spiro atoms. The van der Waals surface area contributed by atoms with Crippen LogP contribution in [-0.2, 0) is 14.3 Å². The fourth-order valence-corrected chi connectivity index (χ4v) is 3.00. The molecule has 1 aliphatic heterocycles. The van der Waals surface area contributed by atoms with E-state index in [-0.39, 0.29) is 11.6 Å². The Balaban J connectivity index is 1.87. The summed E-state index contributed by atoms with van der Waals surface area (Å²) in [5, 5.41) is 0. The van der Waals surface area contributed by atoms with Crippen molar-refractivity contribution in [2.24, 2.45) is 5.92 Å². The van der Waals surface area contributed by atoms with E-state index in [0.29, 0.717) is 12.3 Å². The van der Waals surface area contributed by atoms with Gasteiger partial charge >= 0.3 is 0 Å². The molecule has 1 atom stereocenters. The van der Waals surface area contributed by atoms with Crippen LogP contribution in [0.5, 0.6) is 0 Å². The maximum atomic E-state index is 10.9. The van der Waals surface area contributed by atoms with Gasteiger partial charge in [0.05, 0.1) is 13.2 Å². The second kappa shape index (κ2) is 5.28. The third kappa shape index (κ3) is 2.64. The first-order chi connectivity index (χ1) is 7.73. The van der Waals surface area contributed by atoms with Gasteiger partial charge in [-0.2, -0.15) is 0 Å². The van der Waals surface area contributed by atoms with E-state index in [2.05, 4.69) is 0 Å². The van der Waals surface area contributed by atoms with Crippen molar-refractivity contribution >= 4 is 5.78 Å². The van der Waals surface area contributed by atoms with Crippen molar-refractivity contribution in [3.63, 3.8) is 0 Å². The number of ketones is 1. The summed E-state index contributed by atoms with van der Waals surface area (Å²) < 4.78 is 11.7. The minimum atomic E-state index is -0.283. The summed E-state index contributed by atoms with van der Waals surface area (Å²) in [7, 11) is 0. The monoisotopic (exact) mass is 226 g/mol. The van der Waals surface area contributed by atoms with Gasteiger partial charge < -0.3 is 14.3 Å². The first-order valence-electron chi connectivity index (χ1n) is 6.50. The van der Waals surface area contributed by atoms with Gasteiger partial charge in [0, 0.05) is 18.8 Å². The molecule has 1 saturated carbocycles. The molecule has 0 aromatic heterocycles. The van der Waals surface area contributed by atoms with E-state index in [1.807, 2.05) is 0 Å². The molecule has 0 aromatic carbocycles. The van der Waals surface area contributed by atoms with Gasteiger partial charge in [-0.3, -0.25) is 0 Å². The lowest BCUT2D eigenvalue weighted by atomic mass is 9.80. The van der Waals surface area contributed by atoms with Crippen LogP contribution in [0, 0.1) is 5.92 Å². The van der Waals surface area contributed by atoms with Crippen molar-refractivity contribution in [3.8, 4) is 0 Å². The maximum absolute atomic E-state index is 10.9. The van der Waals surface area contributed by atoms with Crippen molar-refractivity contribution in [1.82, 2.24) is 0 Å². The third-order valence-corrected chi connectivity index (χ3v) is 3.81. The highest BCUT2D eigenvalue weighted by molar-refractivity contribution is 5.75. The zero-order chi connectivity index (χ0) is 11.4. The van der Waals surface area contributed by atoms with Gasteiger partial charge in [0.25, 0.3) is 0 Å². The van der Waals surface area contributed by atoms with Gasteiger partial charge in [0.1, 0.15) is 5.78 Å². The van der Waals surface area contributed by atoms with E-state index in [9.17, 15) is 4.79 Å². The van der Waals surface area contributed by atoms with Gasteiger partial charge in [0.2, 0.25) is 0 Å². The molecule has 2 rings (SSSR count). The number of carbonyl (C=O) groups excluding carboxylic acids is 1. The summed E-state index contributed by atoms with van der Waals surface area (Å²) in [6.45, 7) is 3.14. The lowest BCUT2D eigenvalue weighted by molar-refractivity contribution is -0.214. The predicted octanol–water partition coefficient (Wildman–Crippen LogP) is 2.68. The first kappa shape index (κ1) is 12.1.